The van der Waals surface area contributed by atoms with E-state index in [9.17, 15) is 15.0 Å². The van der Waals surface area contributed by atoms with E-state index in [1.165, 1.54) is 0 Å². The van der Waals surface area contributed by atoms with Crippen LogP contribution in [0.3, 0.4) is 0 Å². The molecule has 168 valence electrons. The first-order valence-electron chi connectivity index (χ1n) is 10.6. The largest absolute Gasteiger partial charge is 0.493 e. The normalized spacial score (nSPS) is 15.9. The number of hydrogen-bond acceptors (Lipinski definition) is 9. The number of fused-ring (bicyclic) bond motifs is 2. The lowest BCUT2D eigenvalue weighted by atomic mass is 9.71. The molecule has 0 spiro atoms. The fraction of sp³-hybridized carbons (Fsp3) is 0.526. The van der Waals surface area contributed by atoms with Crippen molar-refractivity contribution in [1.29, 1.82) is 10.8 Å². The molecule has 0 saturated carbocycles. The number of Topliss-reactive ketones (excluding diaryl/α,β-unsaturated/α-hetero) is 1. The summed E-state index contributed by atoms with van der Waals surface area (Å²) in [4.78, 5) is 22.5. The summed E-state index contributed by atoms with van der Waals surface area (Å²) in [7, 11) is 0. The van der Waals surface area contributed by atoms with E-state index in [0.717, 1.165) is 28.4 Å². The van der Waals surface area contributed by atoms with E-state index in [-0.39, 0.29) is 53.8 Å². The van der Waals surface area contributed by atoms with E-state index in [0.29, 0.717) is 12.8 Å². The number of azo groups is 2. The molecule has 13 heteroatoms. The van der Waals surface area contributed by atoms with Gasteiger partial charge in [0.25, 0.3) is 23.8 Å². The van der Waals surface area contributed by atoms with Gasteiger partial charge in [-0.2, -0.15) is 0 Å². The van der Waals surface area contributed by atoms with Gasteiger partial charge in [-0.3, -0.25) is 15.6 Å². The van der Waals surface area contributed by atoms with Gasteiger partial charge in [0.1, 0.15) is 16.8 Å². The van der Waals surface area contributed by atoms with Crippen LogP contribution in [0.2, 0.25) is 0 Å². The van der Waals surface area contributed by atoms with Gasteiger partial charge >= 0.3 is 0 Å². The SMILES string of the molecule is CCCCCC(=O)C(CCCC)(c1nc2n(c1O)C(=N)N=N2)c1nc2n(c1O)C(=N)N=N2. The maximum absolute atomic E-state index is 13.8. The monoisotopic (exact) mass is 440 g/mol. The van der Waals surface area contributed by atoms with Crippen molar-refractivity contribution in [1.82, 2.24) is 19.1 Å². The fourth-order valence-electron chi connectivity index (χ4n) is 4.12. The Labute approximate surface area is 183 Å². The maximum atomic E-state index is 13.8. The Morgan fingerprint density at radius 1 is 0.844 bits per heavy atom. The Balaban J connectivity index is 1.96. The van der Waals surface area contributed by atoms with Crippen molar-refractivity contribution in [3.63, 3.8) is 0 Å². The molecular weight excluding hydrogens is 416 g/mol. The summed E-state index contributed by atoms with van der Waals surface area (Å²) in [5.74, 6) is -1.87. The first-order valence-corrected chi connectivity index (χ1v) is 10.6. The molecule has 0 aromatic carbocycles. The molecule has 4 heterocycles. The molecule has 2 aliphatic rings. The van der Waals surface area contributed by atoms with E-state index in [4.69, 9.17) is 10.8 Å². The Morgan fingerprint density at radius 2 is 1.34 bits per heavy atom. The minimum atomic E-state index is -1.61. The molecule has 0 radical (unpaired) electrons. The van der Waals surface area contributed by atoms with Crippen molar-refractivity contribution in [2.45, 2.75) is 64.2 Å². The van der Waals surface area contributed by atoms with Gasteiger partial charge in [-0.15, -0.1) is 20.5 Å². The van der Waals surface area contributed by atoms with Crippen LogP contribution in [0.1, 0.15) is 70.2 Å². The van der Waals surface area contributed by atoms with E-state index in [2.05, 4.69) is 30.4 Å². The predicted octanol–water partition coefficient (Wildman–Crippen LogP) is 3.88. The number of carbonyl (C=O) groups excluding carboxylic acids is 1. The van der Waals surface area contributed by atoms with Crippen LogP contribution in [-0.4, -0.2) is 47.0 Å². The lowest BCUT2D eigenvalue weighted by Gasteiger charge is -2.30. The lowest BCUT2D eigenvalue weighted by Crippen LogP contribution is -2.38. The predicted molar refractivity (Wildman–Crippen MR) is 113 cm³/mol. The van der Waals surface area contributed by atoms with Crippen LogP contribution in [-0.2, 0) is 10.2 Å². The molecule has 0 saturated heterocycles. The lowest BCUT2D eigenvalue weighted by molar-refractivity contribution is -0.124. The number of hydrogen-bond donors (Lipinski definition) is 4. The van der Waals surface area contributed by atoms with Crippen LogP contribution in [0.4, 0.5) is 11.9 Å². The van der Waals surface area contributed by atoms with Gasteiger partial charge in [0.2, 0.25) is 11.8 Å². The number of rotatable bonds is 10. The minimum absolute atomic E-state index is 0.0246. The van der Waals surface area contributed by atoms with Gasteiger partial charge in [-0.25, -0.2) is 19.1 Å². The standard InChI is InChI=1S/C19H24N10O3/c1-3-5-7-8-10(30)19(9-6-4-2,11-13(31)28-15(20)24-26-17(28)22-11)12-14(32)29-16(21)25-27-18(29)23-12/h20-21,31-32H,3-9H2,1-2H3. The van der Waals surface area contributed by atoms with Gasteiger partial charge in [0.05, 0.1) is 0 Å². The number of ketones is 1. The first-order chi connectivity index (χ1) is 15.4. The summed E-state index contributed by atoms with van der Waals surface area (Å²) in [6, 6.07) is 0. The highest BCUT2D eigenvalue weighted by Crippen LogP contribution is 2.48. The molecule has 0 amide bonds. The van der Waals surface area contributed by atoms with Crippen molar-refractivity contribution in [3.8, 4) is 11.8 Å². The topological polar surface area (TPSA) is 190 Å². The van der Waals surface area contributed by atoms with Crippen LogP contribution in [0.25, 0.3) is 0 Å². The highest BCUT2D eigenvalue weighted by molar-refractivity contribution is 5.96. The van der Waals surface area contributed by atoms with Crippen molar-refractivity contribution < 1.29 is 15.0 Å². The molecule has 0 unspecified atom stereocenters. The smallest absolute Gasteiger partial charge is 0.259 e. The van der Waals surface area contributed by atoms with Crippen LogP contribution >= 0.6 is 0 Å². The Bertz CT molecular complexity index is 1100. The number of nitrogens with one attached hydrogen (secondary N) is 2. The van der Waals surface area contributed by atoms with Gasteiger partial charge in [-0.1, -0.05) is 39.5 Å². The second-order valence-electron chi connectivity index (χ2n) is 7.78. The van der Waals surface area contributed by atoms with Crippen molar-refractivity contribution in [2.24, 2.45) is 20.5 Å². The minimum Gasteiger partial charge on any atom is -0.493 e. The molecule has 4 rings (SSSR count). The average molecular weight is 440 g/mol. The maximum Gasteiger partial charge on any atom is 0.259 e. The number of carbonyl (C=O) groups is 1. The summed E-state index contributed by atoms with van der Waals surface area (Å²) in [6.45, 7) is 3.99. The van der Waals surface area contributed by atoms with Gasteiger partial charge in [0.15, 0.2) is 5.78 Å². The Kier molecular flexibility index (Phi) is 5.40. The molecule has 0 bridgehead atoms. The van der Waals surface area contributed by atoms with E-state index in [1.807, 2.05) is 13.8 Å². The third-order valence-corrected chi connectivity index (χ3v) is 5.76. The second kappa shape index (κ2) is 8.05. The van der Waals surface area contributed by atoms with E-state index >= 15 is 0 Å². The highest BCUT2D eigenvalue weighted by Gasteiger charge is 2.51. The first kappa shape index (κ1) is 21.5. The summed E-state index contributed by atoms with van der Waals surface area (Å²) in [5.41, 5.74) is -1.69. The molecule has 4 N–H and O–H groups in total. The number of unbranched alkanes of at least 4 members (excludes halogenated alkanes) is 3. The van der Waals surface area contributed by atoms with Crippen molar-refractivity contribution >= 4 is 29.6 Å². The molecule has 0 fully saturated rings. The van der Waals surface area contributed by atoms with Gasteiger partial charge in [-0.05, 0) is 12.8 Å². The zero-order valence-corrected chi connectivity index (χ0v) is 17.8. The third kappa shape index (κ3) is 3.03. The Morgan fingerprint density at radius 3 is 1.78 bits per heavy atom. The number of aromatic nitrogens is 4. The van der Waals surface area contributed by atoms with E-state index in [1.54, 1.807) is 0 Å². The summed E-state index contributed by atoms with van der Waals surface area (Å²) in [5, 5.41) is 52.6. The summed E-state index contributed by atoms with van der Waals surface area (Å²) >= 11 is 0. The number of imidazole rings is 2. The second-order valence-corrected chi connectivity index (χ2v) is 7.78. The Hall–Kier alpha value is -3.77. The molecular formula is C19H24N10O3. The quantitative estimate of drug-likeness (QED) is 0.407. The van der Waals surface area contributed by atoms with Crippen LogP contribution in [0.15, 0.2) is 20.5 Å². The molecule has 0 aliphatic carbocycles. The molecule has 2 aliphatic heterocycles. The van der Waals surface area contributed by atoms with Crippen molar-refractivity contribution in [2.75, 3.05) is 0 Å². The molecule has 0 atom stereocenters. The van der Waals surface area contributed by atoms with Crippen LogP contribution in [0, 0.1) is 10.8 Å². The fourth-order valence-corrected chi connectivity index (χ4v) is 4.12. The van der Waals surface area contributed by atoms with Crippen LogP contribution < -0.4 is 0 Å². The summed E-state index contributed by atoms with van der Waals surface area (Å²) < 4.78 is 2.08. The molecule has 32 heavy (non-hydrogen) atoms. The number of nitrogens with zero attached hydrogens (tertiary/aromatic N) is 8. The third-order valence-electron chi connectivity index (χ3n) is 5.76. The molecule has 13 nitrogen and oxygen atoms in total. The zero-order chi connectivity index (χ0) is 23.0. The van der Waals surface area contributed by atoms with Gasteiger partial charge < -0.3 is 10.2 Å². The molecule has 2 aromatic rings. The number of aromatic hydroxyl groups is 2. The molecule has 2 aromatic heterocycles. The zero-order valence-electron chi connectivity index (χ0n) is 17.8. The highest BCUT2D eigenvalue weighted by atomic mass is 16.3. The van der Waals surface area contributed by atoms with E-state index < -0.39 is 17.2 Å². The van der Waals surface area contributed by atoms with Crippen LogP contribution in [0.5, 0.6) is 11.8 Å². The summed E-state index contributed by atoms with van der Waals surface area (Å²) in [6.07, 6.45) is 4.06. The van der Waals surface area contributed by atoms with Crippen molar-refractivity contribution in [3.05, 3.63) is 11.4 Å². The average Bonchev–Trinajstić information content (AvgIpc) is 3.50. The van der Waals surface area contributed by atoms with Gasteiger partial charge in [0, 0.05) is 6.42 Å².